The van der Waals surface area contributed by atoms with E-state index in [1.165, 1.54) is 6.07 Å². The van der Waals surface area contributed by atoms with Crippen molar-refractivity contribution in [2.75, 3.05) is 0 Å². The van der Waals surface area contributed by atoms with Gasteiger partial charge in [-0.05, 0) is 13.8 Å². The Morgan fingerprint density at radius 3 is 2.93 bits per heavy atom. The molecule has 0 aliphatic carbocycles. The number of carbonyl (C=O) groups excluding carboxylic acids is 1. The van der Waals surface area contributed by atoms with Crippen molar-refractivity contribution in [3.05, 3.63) is 17.5 Å². The smallest absolute Gasteiger partial charge is 0.290 e. The molecule has 0 saturated carbocycles. The molecule has 0 spiro atoms. The number of rotatable bonds is 3. The predicted octanol–water partition coefficient (Wildman–Crippen LogP) is -0.152. The summed E-state index contributed by atoms with van der Waals surface area (Å²) in [5, 5.41) is 17.2. The van der Waals surface area contributed by atoms with Crippen LogP contribution in [0.5, 0.6) is 0 Å². The third kappa shape index (κ3) is 2.70. The second-order valence-electron chi connectivity index (χ2n) is 3.05. The molecule has 0 radical (unpaired) electrons. The van der Waals surface area contributed by atoms with Crippen molar-refractivity contribution in [2.45, 2.75) is 19.9 Å². The largest absolute Gasteiger partial charge is 0.409 e. The van der Waals surface area contributed by atoms with Crippen LogP contribution in [-0.2, 0) is 0 Å². The van der Waals surface area contributed by atoms with E-state index in [9.17, 15) is 4.79 Å². The molecule has 82 valence electrons. The molecule has 0 aliphatic rings. The molecule has 0 fully saturated rings. The molecule has 1 unspecified atom stereocenters. The van der Waals surface area contributed by atoms with Gasteiger partial charge in [-0.3, -0.25) is 4.79 Å². The molecule has 7 nitrogen and oxygen atoms in total. The minimum Gasteiger partial charge on any atom is -0.409 e. The van der Waals surface area contributed by atoms with Gasteiger partial charge in [0.2, 0.25) is 5.76 Å². The van der Waals surface area contributed by atoms with Crippen LogP contribution in [-0.4, -0.2) is 28.1 Å². The van der Waals surface area contributed by atoms with E-state index in [1.807, 2.05) is 0 Å². The topological polar surface area (TPSA) is 114 Å². The lowest BCUT2D eigenvalue weighted by atomic mass is 10.3. The molecule has 1 heterocycles. The van der Waals surface area contributed by atoms with Crippen molar-refractivity contribution in [1.29, 1.82) is 0 Å². The Morgan fingerprint density at radius 2 is 2.47 bits per heavy atom. The Balaban J connectivity index is 2.64. The normalized spacial score (nSPS) is 13.6. The van der Waals surface area contributed by atoms with Crippen molar-refractivity contribution < 1.29 is 14.5 Å². The van der Waals surface area contributed by atoms with Crippen molar-refractivity contribution in [2.24, 2.45) is 10.9 Å². The first-order valence-corrected chi connectivity index (χ1v) is 4.26. The van der Waals surface area contributed by atoms with Crippen LogP contribution in [0.15, 0.2) is 15.7 Å². The van der Waals surface area contributed by atoms with E-state index in [0.717, 1.165) is 0 Å². The summed E-state index contributed by atoms with van der Waals surface area (Å²) in [6.07, 6.45) is 0. The van der Waals surface area contributed by atoms with Gasteiger partial charge in [0.05, 0.1) is 11.7 Å². The van der Waals surface area contributed by atoms with Crippen LogP contribution in [0.2, 0.25) is 0 Å². The number of carbonyl (C=O) groups is 1. The van der Waals surface area contributed by atoms with E-state index >= 15 is 0 Å². The van der Waals surface area contributed by atoms with E-state index in [-0.39, 0.29) is 11.6 Å². The van der Waals surface area contributed by atoms with E-state index in [2.05, 4.69) is 15.6 Å². The van der Waals surface area contributed by atoms with Crippen LogP contribution in [0.1, 0.15) is 23.2 Å². The molecule has 15 heavy (non-hydrogen) atoms. The number of aromatic nitrogens is 1. The Kier molecular flexibility index (Phi) is 3.27. The molecule has 0 bridgehead atoms. The molecule has 7 heteroatoms. The zero-order valence-electron chi connectivity index (χ0n) is 8.39. The van der Waals surface area contributed by atoms with Gasteiger partial charge in [-0.25, -0.2) is 0 Å². The van der Waals surface area contributed by atoms with Gasteiger partial charge in [-0.1, -0.05) is 10.3 Å². The Hall–Kier alpha value is -2.05. The number of nitrogens with one attached hydrogen (secondary N) is 1. The fourth-order valence-electron chi connectivity index (χ4n) is 0.899. The monoisotopic (exact) mass is 212 g/mol. The third-order valence-corrected chi connectivity index (χ3v) is 1.76. The number of nitrogens with two attached hydrogens (primary N) is 1. The van der Waals surface area contributed by atoms with Crippen molar-refractivity contribution in [3.8, 4) is 0 Å². The summed E-state index contributed by atoms with van der Waals surface area (Å²) in [7, 11) is 0. The van der Waals surface area contributed by atoms with E-state index < -0.39 is 11.9 Å². The number of amidine groups is 1. The fraction of sp³-hybridized carbons (Fsp3) is 0.375. The van der Waals surface area contributed by atoms with Gasteiger partial charge in [0.15, 0.2) is 5.84 Å². The van der Waals surface area contributed by atoms with Gasteiger partial charge in [0.25, 0.3) is 5.91 Å². The third-order valence-electron chi connectivity index (χ3n) is 1.76. The Morgan fingerprint density at radius 1 is 1.80 bits per heavy atom. The van der Waals surface area contributed by atoms with E-state index in [0.29, 0.717) is 5.69 Å². The van der Waals surface area contributed by atoms with Crippen LogP contribution >= 0.6 is 0 Å². The van der Waals surface area contributed by atoms with Crippen molar-refractivity contribution >= 4 is 11.7 Å². The van der Waals surface area contributed by atoms with Crippen LogP contribution < -0.4 is 11.1 Å². The average Bonchev–Trinajstić information content (AvgIpc) is 2.63. The predicted molar refractivity (Wildman–Crippen MR) is 51.6 cm³/mol. The van der Waals surface area contributed by atoms with Crippen LogP contribution in [0, 0.1) is 6.92 Å². The van der Waals surface area contributed by atoms with Crippen molar-refractivity contribution in [3.63, 3.8) is 0 Å². The highest BCUT2D eigenvalue weighted by Gasteiger charge is 2.16. The van der Waals surface area contributed by atoms with Crippen LogP contribution in [0.25, 0.3) is 0 Å². The van der Waals surface area contributed by atoms with Gasteiger partial charge in [0, 0.05) is 6.07 Å². The molecule has 1 rings (SSSR count). The molecule has 0 aromatic carbocycles. The molecule has 4 N–H and O–H groups in total. The average molecular weight is 212 g/mol. The zero-order valence-corrected chi connectivity index (χ0v) is 8.39. The maximum Gasteiger partial charge on any atom is 0.290 e. The first kappa shape index (κ1) is 11.0. The second-order valence-corrected chi connectivity index (χ2v) is 3.05. The minimum atomic E-state index is -0.576. The summed E-state index contributed by atoms with van der Waals surface area (Å²) >= 11 is 0. The first-order valence-electron chi connectivity index (χ1n) is 4.26. The van der Waals surface area contributed by atoms with Gasteiger partial charge in [-0.15, -0.1) is 0 Å². The number of aryl methyl sites for hydroxylation is 1. The maximum absolute atomic E-state index is 11.5. The standard InChI is InChI=1S/C8H12N4O3/c1-4-3-6(15-12-4)8(13)10-5(2)7(9)11-14/h3,5,14H,1-2H3,(H2,9,11)(H,10,13). The summed E-state index contributed by atoms with van der Waals surface area (Å²) in [6, 6.07) is 0.918. The highest BCUT2D eigenvalue weighted by molar-refractivity contribution is 5.96. The summed E-state index contributed by atoms with van der Waals surface area (Å²) in [4.78, 5) is 11.5. The molecule has 0 aliphatic heterocycles. The lowest BCUT2D eigenvalue weighted by Gasteiger charge is -2.09. The number of hydrogen-bond acceptors (Lipinski definition) is 5. The number of amides is 1. The SMILES string of the molecule is Cc1cc(C(=O)NC(C)C(N)=NO)on1. The fourth-order valence-corrected chi connectivity index (χ4v) is 0.899. The molecule has 0 saturated heterocycles. The lowest BCUT2D eigenvalue weighted by Crippen LogP contribution is -2.42. The number of oxime groups is 1. The number of hydrogen-bond donors (Lipinski definition) is 3. The van der Waals surface area contributed by atoms with E-state index in [1.54, 1.807) is 13.8 Å². The highest BCUT2D eigenvalue weighted by Crippen LogP contribution is 2.01. The lowest BCUT2D eigenvalue weighted by molar-refractivity contribution is 0.0911. The van der Waals surface area contributed by atoms with Gasteiger partial charge >= 0.3 is 0 Å². The van der Waals surface area contributed by atoms with E-state index in [4.69, 9.17) is 15.5 Å². The Bertz CT molecular complexity index is 385. The summed E-state index contributed by atoms with van der Waals surface area (Å²) in [6.45, 7) is 3.28. The van der Waals surface area contributed by atoms with Crippen LogP contribution in [0.3, 0.4) is 0 Å². The second kappa shape index (κ2) is 4.45. The van der Waals surface area contributed by atoms with Gasteiger partial charge in [0.1, 0.15) is 0 Å². The molecule has 1 atom stereocenters. The van der Waals surface area contributed by atoms with Gasteiger partial charge < -0.3 is 20.8 Å². The maximum atomic E-state index is 11.5. The van der Waals surface area contributed by atoms with Crippen molar-refractivity contribution in [1.82, 2.24) is 10.5 Å². The van der Waals surface area contributed by atoms with Gasteiger partial charge in [-0.2, -0.15) is 0 Å². The summed E-state index contributed by atoms with van der Waals surface area (Å²) < 4.78 is 4.74. The minimum absolute atomic E-state index is 0.0837. The zero-order chi connectivity index (χ0) is 11.4. The summed E-state index contributed by atoms with van der Waals surface area (Å²) in [5.74, 6) is -0.459. The molecule has 1 aromatic heterocycles. The number of nitrogens with zero attached hydrogens (tertiary/aromatic N) is 2. The molecular weight excluding hydrogens is 200 g/mol. The molecule has 1 amide bonds. The molecular formula is C8H12N4O3. The first-order chi connectivity index (χ1) is 7.04. The van der Waals surface area contributed by atoms with Crippen LogP contribution in [0.4, 0.5) is 0 Å². The highest BCUT2D eigenvalue weighted by atomic mass is 16.5. The summed E-state index contributed by atoms with van der Waals surface area (Å²) in [5.41, 5.74) is 5.90. The Labute approximate surface area is 85.9 Å². The quantitative estimate of drug-likeness (QED) is 0.279. The molecule has 1 aromatic rings.